The molecule has 0 spiro atoms. The third-order valence-corrected chi connectivity index (χ3v) is 3.86. The Kier molecular flexibility index (Phi) is 3.59. The number of aromatic nitrogens is 2. The number of pyridine rings is 1. The molecule has 0 saturated heterocycles. The first-order valence-electron chi connectivity index (χ1n) is 6.57. The second-order valence-electron chi connectivity index (χ2n) is 4.88. The Hall–Kier alpha value is -1.65. The van der Waals surface area contributed by atoms with Crippen molar-refractivity contribution in [1.29, 1.82) is 0 Å². The van der Waals surface area contributed by atoms with Gasteiger partial charge >= 0.3 is 0 Å². The minimum atomic E-state index is 0.788. The minimum absolute atomic E-state index is 0.788. The summed E-state index contributed by atoms with van der Waals surface area (Å²) in [5.41, 5.74) is 5.58. The van der Waals surface area contributed by atoms with Crippen molar-refractivity contribution in [3.63, 3.8) is 0 Å². The molecule has 1 aromatic carbocycles. The first kappa shape index (κ1) is 13.3. The van der Waals surface area contributed by atoms with Crippen LogP contribution < -0.4 is 5.32 Å². The average molecular weight is 330 g/mol. The van der Waals surface area contributed by atoms with Gasteiger partial charge in [-0.1, -0.05) is 34.1 Å². The maximum Gasteiger partial charge on any atom is 0.137 e. The Labute approximate surface area is 126 Å². The van der Waals surface area contributed by atoms with Crippen LogP contribution in [0.3, 0.4) is 0 Å². The molecule has 0 aliphatic rings. The third-order valence-electron chi connectivity index (χ3n) is 3.33. The Morgan fingerprint density at radius 1 is 1.15 bits per heavy atom. The van der Waals surface area contributed by atoms with E-state index < -0.39 is 0 Å². The normalized spacial score (nSPS) is 11.2. The Morgan fingerprint density at radius 3 is 2.60 bits per heavy atom. The second kappa shape index (κ2) is 5.38. The molecule has 0 fully saturated rings. The zero-order valence-corrected chi connectivity index (χ0v) is 13.1. The minimum Gasteiger partial charge on any atom is -0.314 e. The van der Waals surface area contributed by atoms with Gasteiger partial charge in [-0.3, -0.25) is 0 Å². The van der Waals surface area contributed by atoms with Gasteiger partial charge in [0.15, 0.2) is 0 Å². The Morgan fingerprint density at radius 2 is 1.90 bits per heavy atom. The lowest BCUT2D eigenvalue weighted by Crippen LogP contribution is -2.08. The molecular formula is C16H16BrN3. The largest absolute Gasteiger partial charge is 0.314 e. The van der Waals surface area contributed by atoms with Crippen LogP contribution in [0.15, 0.2) is 47.1 Å². The molecule has 1 N–H and O–H groups in total. The topological polar surface area (TPSA) is 29.3 Å². The Balaban J connectivity index is 2.23. The van der Waals surface area contributed by atoms with Crippen LogP contribution in [0.1, 0.15) is 11.3 Å². The van der Waals surface area contributed by atoms with Gasteiger partial charge in [-0.15, -0.1) is 0 Å². The summed E-state index contributed by atoms with van der Waals surface area (Å²) in [6, 6.07) is 12.4. The molecule has 3 aromatic rings. The van der Waals surface area contributed by atoms with E-state index in [-0.39, 0.29) is 0 Å². The molecule has 0 radical (unpaired) electrons. The summed E-state index contributed by atoms with van der Waals surface area (Å²) in [6.07, 6.45) is 2.14. The lowest BCUT2D eigenvalue weighted by molar-refractivity contribution is 0.783. The van der Waals surface area contributed by atoms with E-state index >= 15 is 0 Å². The maximum absolute atomic E-state index is 4.78. The highest BCUT2D eigenvalue weighted by molar-refractivity contribution is 9.10. The fourth-order valence-electron chi connectivity index (χ4n) is 2.37. The van der Waals surface area contributed by atoms with Crippen LogP contribution >= 0.6 is 15.9 Å². The SMILES string of the molecule is CNCc1c(-c2ccc(Br)cc2)nc2ccc(C)cn12. The fourth-order valence-corrected chi connectivity index (χ4v) is 2.64. The van der Waals surface area contributed by atoms with Crippen LogP contribution in [-0.2, 0) is 6.54 Å². The summed E-state index contributed by atoms with van der Waals surface area (Å²) in [5, 5.41) is 3.23. The van der Waals surface area contributed by atoms with Gasteiger partial charge in [0.1, 0.15) is 5.65 Å². The fraction of sp³-hybridized carbons (Fsp3) is 0.188. The third kappa shape index (κ3) is 2.37. The molecule has 0 saturated carbocycles. The van der Waals surface area contributed by atoms with Gasteiger partial charge in [0.2, 0.25) is 0 Å². The van der Waals surface area contributed by atoms with E-state index in [9.17, 15) is 0 Å². The van der Waals surface area contributed by atoms with E-state index in [0.29, 0.717) is 0 Å². The molecule has 102 valence electrons. The van der Waals surface area contributed by atoms with Gasteiger partial charge in [0.05, 0.1) is 11.4 Å². The molecule has 0 unspecified atom stereocenters. The number of imidazole rings is 1. The quantitative estimate of drug-likeness (QED) is 0.792. The van der Waals surface area contributed by atoms with Gasteiger partial charge in [-0.25, -0.2) is 4.98 Å². The Bertz CT molecular complexity index is 744. The lowest BCUT2D eigenvalue weighted by atomic mass is 10.1. The average Bonchev–Trinajstić information content (AvgIpc) is 2.79. The van der Waals surface area contributed by atoms with Crippen LogP contribution in [-0.4, -0.2) is 16.4 Å². The van der Waals surface area contributed by atoms with Crippen molar-refractivity contribution in [3.8, 4) is 11.3 Å². The molecule has 20 heavy (non-hydrogen) atoms. The summed E-state index contributed by atoms with van der Waals surface area (Å²) in [7, 11) is 1.96. The molecule has 3 nitrogen and oxygen atoms in total. The lowest BCUT2D eigenvalue weighted by Gasteiger charge is -2.05. The summed E-state index contributed by atoms with van der Waals surface area (Å²) >= 11 is 3.47. The molecule has 4 heteroatoms. The van der Waals surface area contributed by atoms with E-state index in [1.54, 1.807) is 0 Å². The van der Waals surface area contributed by atoms with Crippen molar-refractivity contribution >= 4 is 21.6 Å². The van der Waals surface area contributed by atoms with Crippen LogP contribution in [0.5, 0.6) is 0 Å². The maximum atomic E-state index is 4.78. The predicted molar refractivity (Wildman–Crippen MR) is 85.8 cm³/mol. The first-order valence-corrected chi connectivity index (χ1v) is 7.36. The number of benzene rings is 1. The molecular weight excluding hydrogens is 314 g/mol. The molecule has 3 rings (SSSR count). The van der Waals surface area contributed by atoms with Crippen LogP contribution in [0.25, 0.3) is 16.9 Å². The van der Waals surface area contributed by atoms with Crippen molar-refractivity contribution < 1.29 is 0 Å². The van der Waals surface area contributed by atoms with Crippen molar-refractivity contribution in [3.05, 3.63) is 58.3 Å². The molecule has 2 aromatic heterocycles. The molecule has 2 heterocycles. The molecule has 0 bridgehead atoms. The van der Waals surface area contributed by atoms with Gasteiger partial charge in [0.25, 0.3) is 0 Å². The van der Waals surface area contributed by atoms with Gasteiger partial charge in [-0.2, -0.15) is 0 Å². The monoisotopic (exact) mass is 329 g/mol. The summed E-state index contributed by atoms with van der Waals surface area (Å²) < 4.78 is 3.25. The number of nitrogens with one attached hydrogen (secondary N) is 1. The van der Waals surface area contributed by atoms with Crippen molar-refractivity contribution in [2.45, 2.75) is 13.5 Å². The van der Waals surface area contributed by atoms with E-state index in [1.807, 2.05) is 19.2 Å². The molecule has 0 aliphatic carbocycles. The van der Waals surface area contributed by atoms with Crippen molar-refractivity contribution in [1.82, 2.24) is 14.7 Å². The zero-order chi connectivity index (χ0) is 14.1. The highest BCUT2D eigenvalue weighted by Gasteiger charge is 2.13. The van der Waals surface area contributed by atoms with E-state index in [1.165, 1.54) is 11.3 Å². The molecule has 0 amide bonds. The van der Waals surface area contributed by atoms with Crippen LogP contribution in [0.2, 0.25) is 0 Å². The summed E-state index contributed by atoms with van der Waals surface area (Å²) in [6.45, 7) is 2.89. The standard InChI is InChI=1S/C16H16BrN3/c1-11-3-8-15-19-16(12-4-6-13(17)7-5-12)14(9-18-2)20(15)10-11/h3-8,10,18H,9H2,1-2H3. The second-order valence-corrected chi connectivity index (χ2v) is 5.79. The van der Waals surface area contributed by atoms with Crippen LogP contribution in [0, 0.1) is 6.92 Å². The number of nitrogens with zero attached hydrogens (tertiary/aromatic N) is 2. The molecule has 0 atom stereocenters. The molecule has 0 aliphatic heterocycles. The first-order chi connectivity index (χ1) is 9.69. The van der Waals surface area contributed by atoms with E-state index in [2.05, 4.69) is 63.0 Å². The predicted octanol–water partition coefficient (Wildman–Crippen LogP) is 3.79. The van der Waals surface area contributed by atoms with Crippen molar-refractivity contribution in [2.75, 3.05) is 7.05 Å². The van der Waals surface area contributed by atoms with Gasteiger partial charge < -0.3 is 9.72 Å². The van der Waals surface area contributed by atoms with E-state index in [4.69, 9.17) is 4.98 Å². The van der Waals surface area contributed by atoms with Crippen molar-refractivity contribution in [2.24, 2.45) is 0 Å². The number of fused-ring (bicyclic) bond motifs is 1. The van der Waals surface area contributed by atoms with Gasteiger partial charge in [0, 0.05) is 22.8 Å². The highest BCUT2D eigenvalue weighted by atomic mass is 79.9. The highest BCUT2D eigenvalue weighted by Crippen LogP contribution is 2.26. The summed E-state index contributed by atoms with van der Waals surface area (Å²) in [5.74, 6) is 0. The number of hydrogen-bond acceptors (Lipinski definition) is 2. The zero-order valence-electron chi connectivity index (χ0n) is 11.5. The van der Waals surface area contributed by atoms with Gasteiger partial charge in [-0.05, 0) is 37.7 Å². The number of halogens is 1. The number of rotatable bonds is 3. The summed E-state index contributed by atoms with van der Waals surface area (Å²) in [4.78, 5) is 4.78. The van der Waals surface area contributed by atoms with E-state index in [0.717, 1.165) is 27.9 Å². The number of aryl methyl sites for hydroxylation is 1. The number of hydrogen-bond donors (Lipinski definition) is 1. The van der Waals surface area contributed by atoms with Crippen LogP contribution in [0.4, 0.5) is 0 Å². The smallest absolute Gasteiger partial charge is 0.137 e.